The molecule has 0 aliphatic heterocycles. The molecular formula is C22H17O6-. The van der Waals surface area contributed by atoms with Crippen LogP contribution in [0, 0.1) is 13.8 Å². The van der Waals surface area contributed by atoms with Gasteiger partial charge in [-0.2, -0.15) is 0 Å². The van der Waals surface area contributed by atoms with Crippen molar-refractivity contribution in [3.05, 3.63) is 63.7 Å². The van der Waals surface area contributed by atoms with Gasteiger partial charge in [0.05, 0.1) is 13.4 Å². The number of furan rings is 1. The van der Waals surface area contributed by atoms with E-state index in [2.05, 4.69) is 0 Å². The second-order valence-corrected chi connectivity index (χ2v) is 6.67. The SMILES string of the molecule is COc1ccc(-c2coc3c(C)c4oc(=O)c(CC(=O)[O-])c(C)c4cc23)cc1. The summed E-state index contributed by atoms with van der Waals surface area (Å²) in [5, 5.41) is 12.6. The molecule has 0 bridgehead atoms. The van der Waals surface area contributed by atoms with E-state index in [0.717, 1.165) is 22.3 Å². The second-order valence-electron chi connectivity index (χ2n) is 6.67. The summed E-state index contributed by atoms with van der Waals surface area (Å²) in [4.78, 5) is 23.3. The number of ether oxygens (including phenoxy) is 1. The lowest BCUT2D eigenvalue weighted by molar-refractivity contribution is -0.304. The molecule has 142 valence electrons. The maximum absolute atomic E-state index is 12.3. The highest BCUT2D eigenvalue weighted by molar-refractivity contribution is 6.05. The summed E-state index contributed by atoms with van der Waals surface area (Å²) in [5.41, 5.74) is 3.54. The Labute approximate surface area is 160 Å². The normalized spacial score (nSPS) is 11.2. The van der Waals surface area contributed by atoms with Gasteiger partial charge in [-0.25, -0.2) is 4.79 Å². The van der Waals surface area contributed by atoms with E-state index >= 15 is 0 Å². The molecule has 4 rings (SSSR count). The summed E-state index contributed by atoms with van der Waals surface area (Å²) in [5.74, 6) is -0.572. The van der Waals surface area contributed by atoms with Gasteiger partial charge in [0.2, 0.25) is 0 Å². The van der Waals surface area contributed by atoms with Crippen LogP contribution in [-0.4, -0.2) is 13.1 Å². The lowest BCUT2D eigenvalue weighted by Gasteiger charge is -2.10. The molecule has 0 unspecified atom stereocenters. The van der Waals surface area contributed by atoms with E-state index in [4.69, 9.17) is 13.6 Å². The highest BCUT2D eigenvalue weighted by atomic mass is 16.5. The van der Waals surface area contributed by atoms with Gasteiger partial charge >= 0.3 is 5.63 Å². The number of carbonyl (C=O) groups is 1. The number of methoxy groups -OCH3 is 1. The van der Waals surface area contributed by atoms with E-state index in [-0.39, 0.29) is 5.56 Å². The number of aliphatic carboxylic acids is 1. The summed E-state index contributed by atoms with van der Waals surface area (Å²) >= 11 is 0. The summed E-state index contributed by atoms with van der Waals surface area (Å²) in [6.45, 7) is 3.53. The number of benzene rings is 2. The monoisotopic (exact) mass is 377 g/mol. The Kier molecular flexibility index (Phi) is 4.19. The van der Waals surface area contributed by atoms with Crippen LogP contribution in [-0.2, 0) is 11.2 Å². The largest absolute Gasteiger partial charge is 0.550 e. The minimum atomic E-state index is -1.32. The molecule has 0 radical (unpaired) electrons. The van der Waals surface area contributed by atoms with Crippen molar-refractivity contribution >= 4 is 27.9 Å². The van der Waals surface area contributed by atoms with Gasteiger partial charge in [0.15, 0.2) is 0 Å². The van der Waals surface area contributed by atoms with Gasteiger partial charge in [0.25, 0.3) is 0 Å². The van der Waals surface area contributed by atoms with E-state index in [1.807, 2.05) is 37.3 Å². The Hall–Kier alpha value is -3.54. The molecule has 0 fully saturated rings. The van der Waals surface area contributed by atoms with Gasteiger partial charge in [-0.3, -0.25) is 0 Å². The molecule has 0 spiro atoms. The topological polar surface area (TPSA) is 92.7 Å². The highest BCUT2D eigenvalue weighted by Gasteiger charge is 2.19. The van der Waals surface area contributed by atoms with Crippen molar-refractivity contribution in [3.63, 3.8) is 0 Å². The van der Waals surface area contributed by atoms with E-state index in [9.17, 15) is 14.7 Å². The number of fused-ring (bicyclic) bond motifs is 2. The average Bonchev–Trinajstić information content (AvgIpc) is 3.10. The van der Waals surface area contributed by atoms with Crippen LogP contribution in [0.5, 0.6) is 5.75 Å². The van der Waals surface area contributed by atoms with Gasteiger partial charge in [0.1, 0.15) is 16.9 Å². The summed E-state index contributed by atoms with van der Waals surface area (Å²) in [6, 6.07) is 9.47. The summed E-state index contributed by atoms with van der Waals surface area (Å²) in [7, 11) is 1.61. The zero-order valence-electron chi connectivity index (χ0n) is 15.6. The number of carboxylic acid groups (broad SMARTS) is 1. The molecule has 6 nitrogen and oxygen atoms in total. The van der Waals surface area contributed by atoms with Crippen molar-refractivity contribution in [1.29, 1.82) is 0 Å². The number of hydrogen-bond acceptors (Lipinski definition) is 6. The maximum Gasteiger partial charge on any atom is 0.340 e. The Balaban J connectivity index is 2.01. The third-order valence-electron chi connectivity index (χ3n) is 5.06. The van der Waals surface area contributed by atoms with Crippen LogP contribution in [0.4, 0.5) is 0 Å². The fourth-order valence-electron chi connectivity index (χ4n) is 3.54. The smallest absolute Gasteiger partial charge is 0.340 e. The molecule has 0 N–H and O–H groups in total. The van der Waals surface area contributed by atoms with Crippen molar-refractivity contribution < 1.29 is 23.5 Å². The maximum atomic E-state index is 12.3. The minimum Gasteiger partial charge on any atom is -0.550 e. The molecule has 2 aromatic carbocycles. The highest BCUT2D eigenvalue weighted by Crippen LogP contribution is 2.37. The predicted molar refractivity (Wildman–Crippen MR) is 102 cm³/mol. The van der Waals surface area contributed by atoms with Crippen LogP contribution in [0.2, 0.25) is 0 Å². The molecule has 0 atom stereocenters. The van der Waals surface area contributed by atoms with Crippen molar-refractivity contribution in [3.8, 4) is 16.9 Å². The first-order valence-corrected chi connectivity index (χ1v) is 8.72. The van der Waals surface area contributed by atoms with Gasteiger partial charge in [0, 0.05) is 39.9 Å². The first-order chi connectivity index (χ1) is 13.4. The van der Waals surface area contributed by atoms with Gasteiger partial charge < -0.3 is 23.5 Å². The zero-order chi connectivity index (χ0) is 20.0. The van der Waals surface area contributed by atoms with Crippen LogP contribution in [0.3, 0.4) is 0 Å². The minimum absolute atomic E-state index is 0.0979. The molecule has 2 heterocycles. The Bertz CT molecular complexity index is 1270. The van der Waals surface area contributed by atoms with E-state index in [1.165, 1.54) is 0 Å². The van der Waals surface area contributed by atoms with Crippen molar-refractivity contribution in [2.75, 3.05) is 7.11 Å². The third kappa shape index (κ3) is 2.74. The van der Waals surface area contributed by atoms with Crippen LogP contribution in [0.1, 0.15) is 16.7 Å². The first kappa shape index (κ1) is 17.9. The molecule has 4 aromatic rings. The number of carbonyl (C=O) groups excluding carboxylic acids is 1. The van der Waals surface area contributed by atoms with Crippen molar-refractivity contribution in [1.82, 2.24) is 0 Å². The first-order valence-electron chi connectivity index (χ1n) is 8.72. The fraction of sp³-hybridized carbons (Fsp3) is 0.182. The van der Waals surface area contributed by atoms with Gasteiger partial charge in [-0.05, 0) is 43.2 Å². The Morgan fingerprint density at radius 2 is 1.79 bits per heavy atom. The quantitative estimate of drug-likeness (QED) is 0.507. The lowest BCUT2D eigenvalue weighted by Crippen LogP contribution is -2.27. The summed E-state index contributed by atoms with van der Waals surface area (Å²) in [6.07, 6.45) is 1.17. The van der Waals surface area contributed by atoms with Crippen LogP contribution in [0.15, 0.2) is 50.2 Å². The van der Waals surface area contributed by atoms with E-state index < -0.39 is 18.0 Å². The van der Waals surface area contributed by atoms with Crippen LogP contribution < -0.4 is 15.5 Å². The van der Waals surface area contributed by atoms with E-state index in [1.54, 1.807) is 20.3 Å². The number of carboxylic acids is 1. The third-order valence-corrected chi connectivity index (χ3v) is 5.06. The second kappa shape index (κ2) is 6.56. The van der Waals surface area contributed by atoms with Gasteiger partial charge in [-0.15, -0.1) is 0 Å². The molecular weight excluding hydrogens is 360 g/mol. The van der Waals surface area contributed by atoms with Crippen molar-refractivity contribution in [2.24, 2.45) is 0 Å². The molecule has 0 aliphatic carbocycles. The van der Waals surface area contributed by atoms with Crippen LogP contribution in [0.25, 0.3) is 33.1 Å². The molecule has 28 heavy (non-hydrogen) atoms. The molecule has 0 saturated heterocycles. The fourth-order valence-corrected chi connectivity index (χ4v) is 3.54. The standard InChI is InChI=1S/C22H18O6/c1-11-15-8-17-18(13-4-6-14(26-3)7-5-13)10-27-20(17)12(2)21(15)28-22(25)16(11)9-19(23)24/h4-8,10H,9H2,1-3H3,(H,23,24)/p-1. The van der Waals surface area contributed by atoms with Gasteiger partial charge in [-0.1, -0.05) is 12.1 Å². The van der Waals surface area contributed by atoms with Crippen LogP contribution >= 0.6 is 0 Å². The molecule has 2 aromatic heterocycles. The average molecular weight is 377 g/mol. The van der Waals surface area contributed by atoms with E-state index in [0.29, 0.717) is 27.7 Å². The zero-order valence-corrected chi connectivity index (χ0v) is 15.6. The summed E-state index contributed by atoms with van der Waals surface area (Å²) < 4.78 is 16.4. The molecule has 0 saturated carbocycles. The molecule has 0 amide bonds. The lowest BCUT2D eigenvalue weighted by atomic mass is 9.97. The number of rotatable bonds is 4. The van der Waals surface area contributed by atoms with Crippen molar-refractivity contribution in [2.45, 2.75) is 20.3 Å². The molecule has 6 heteroatoms. The number of aryl methyl sites for hydroxylation is 2. The molecule has 0 aliphatic rings. The Morgan fingerprint density at radius 1 is 1.07 bits per heavy atom. The predicted octanol–water partition coefficient (Wildman–Crippen LogP) is 3.12. The number of hydrogen-bond donors (Lipinski definition) is 0. The Morgan fingerprint density at radius 3 is 2.43 bits per heavy atom.